The van der Waals surface area contributed by atoms with Gasteiger partial charge < -0.3 is 15.4 Å². The monoisotopic (exact) mass is 394 g/mol. The van der Waals surface area contributed by atoms with Crippen LogP contribution in [0.3, 0.4) is 0 Å². The molecule has 0 bridgehead atoms. The van der Waals surface area contributed by atoms with Gasteiger partial charge in [-0.25, -0.2) is 0 Å². The summed E-state index contributed by atoms with van der Waals surface area (Å²) in [6.45, 7) is 7.03. The van der Waals surface area contributed by atoms with E-state index in [2.05, 4.69) is 64.9 Å². The summed E-state index contributed by atoms with van der Waals surface area (Å²) < 4.78 is 5.30. The topological polar surface area (TPSA) is 48.9 Å². The molecule has 29 heavy (non-hydrogen) atoms. The fourth-order valence-corrected chi connectivity index (χ4v) is 3.72. The van der Waals surface area contributed by atoms with Crippen LogP contribution in [0.15, 0.2) is 59.6 Å². The van der Waals surface area contributed by atoms with Crippen LogP contribution >= 0.6 is 0 Å². The quantitative estimate of drug-likeness (QED) is 0.532. The summed E-state index contributed by atoms with van der Waals surface area (Å²) in [7, 11) is 1.70. The van der Waals surface area contributed by atoms with Crippen LogP contribution in [0.2, 0.25) is 0 Å². The van der Waals surface area contributed by atoms with E-state index in [1.54, 1.807) is 7.11 Å². The smallest absolute Gasteiger partial charge is 0.191 e. The predicted octanol–water partition coefficient (Wildman–Crippen LogP) is 3.46. The van der Waals surface area contributed by atoms with Crippen molar-refractivity contribution < 1.29 is 4.74 Å². The predicted molar refractivity (Wildman–Crippen MR) is 121 cm³/mol. The molecule has 0 radical (unpaired) electrons. The van der Waals surface area contributed by atoms with Crippen molar-refractivity contribution in [3.8, 4) is 5.75 Å². The Hall–Kier alpha value is -2.53. The molecule has 156 valence electrons. The van der Waals surface area contributed by atoms with Crippen LogP contribution in [-0.2, 0) is 13.0 Å². The number of nitrogens with zero attached hydrogens (tertiary/aromatic N) is 2. The maximum atomic E-state index is 5.30. The fraction of sp³-hybridized carbons (Fsp3) is 0.458. The first kappa shape index (κ1) is 21.2. The SMILES string of the molecule is CCNC(=NCCc1cccc(OC)c1)NC1CCN(Cc2ccccc2)CC1. The van der Waals surface area contributed by atoms with Gasteiger partial charge in [0, 0.05) is 38.8 Å². The van der Waals surface area contributed by atoms with Gasteiger partial charge in [-0.1, -0.05) is 42.5 Å². The molecule has 3 rings (SSSR count). The third-order valence-corrected chi connectivity index (χ3v) is 5.33. The van der Waals surface area contributed by atoms with Gasteiger partial charge in [0.05, 0.1) is 7.11 Å². The number of ether oxygens (including phenoxy) is 1. The lowest BCUT2D eigenvalue weighted by Gasteiger charge is -2.33. The van der Waals surface area contributed by atoms with E-state index in [9.17, 15) is 0 Å². The zero-order valence-electron chi connectivity index (χ0n) is 17.7. The Balaban J connectivity index is 1.45. The van der Waals surface area contributed by atoms with Gasteiger partial charge in [-0.05, 0) is 49.4 Å². The molecule has 0 saturated carbocycles. The van der Waals surface area contributed by atoms with E-state index in [1.165, 1.54) is 11.1 Å². The molecule has 0 unspecified atom stereocenters. The summed E-state index contributed by atoms with van der Waals surface area (Å²) in [6, 6.07) is 19.4. The van der Waals surface area contributed by atoms with Crippen molar-refractivity contribution >= 4 is 5.96 Å². The average Bonchev–Trinajstić information content (AvgIpc) is 2.76. The summed E-state index contributed by atoms with van der Waals surface area (Å²) in [4.78, 5) is 7.33. The number of benzene rings is 2. The lowest BCUT2D eigenvalue weighted by molar-refractivity contribution is 0.198. The van der Waals surface area contributed by atoms with Crippen molar-refractivity contribution in [2.45, 2.75) is 38.8 Å². The molecule has 1 heterocycles. The molecule has 1 saturated heterocycles. The minimum atomic E-state index is 0.483. The molecular weight excluding hydrogens is 360 g/mol. The van der Waals surface area contributed by atoms with Gasteiger partial charge in [0.25, 0.3) is 0 Å². The Morgan fingerprint density at radius 3 is 2.55 bits per heavy atom. The third kappa shape index (κ3) is 7.09. The highest BCUT2D eigenvalue weighted by Crippen LogP contribution is 2.14. The second kappa shape index (κ2) is 11.5. The first-order valence-corrected chi connectivity index (χ1v) is 10.7. The molecule has 5 heteroatoms. The van der Waals surface area contributed by atoms with E-state index >= 15 is 0 Å². The summed E-state index contributed by atoms with van der Waals surface area (Å²) in [6.07, 6.45) is 3.20. The Bertz CT molecular complexity index is 754. The standard InChI is InChI=1S/C24H34N4O/c1-3-25-24(26-15-12-20-10-7-11-23(18-20)29-2)27-22-13-16-28(17-14-22)19-21-8-5-4-6-9-21/h4-11,18,22H,3,12-17,19H2,1-2H3,(H2,25,26,27). The van der Waals surface area contributed by atoms with Crippen LogP contribution in [-0.4, -0.2) is 50.2 Å². The molecule has 0 amide bonds. The minimum Gasteiger partial charge on any atom is -0.497 e. The Labute approximate surface area is 175 Å². The molecule has 0 atom stereocenters. The number of methoxy groups -OCH3 is 1. The number of aliphatic imine (C=N–C) groups is 1. The largest absolute Gasteiger partial charge is 0.497 e. The molecule has 0 aliphatic carbocycles. The van der Waals surface area contributed by atoms with E-state index < -0.39 is 0 Å². The second-order valence-electron chi connectivity index (χ2n) is 7.54. The lowest BCUT2D eigenvalue weighted by atomic mass is 10.0. The number of rotatable bonds is 8. The van der Waals surface area contributed by atoms with Gasteiger partial charge in [-0.15, -0.1) is 0 Å². The number of piperidine rings is 1. The molecule has 2 N–H and O–H groups in total. The first-order valence-electron chi connectivity index (χ1n) is 10.7. The summed E-state index contributed by atoms with van der Waals surface area (Å²) >= 11 is 0. The third-order valence-electron chi connectivity index (χ3n) is 5.33. The van der Waals surface area contributed by atoms with Gasteiger partial charge in [0.1, 0.15) is 5.75 Å². The molecule has 1 aliphatic rings. The molecule has 1 aliphatic heterocycles. The normalized spacial score (nSPS) is 15.9. The van der Waals surface area contributed by atoms with E-state index in [0.29, 0.717) is 6.04 Å². The fourth-order valence-electron chi connectivity index (χ4n) is 3.72. The Kier molecular flexibility index (Phi) is 8.38. The van der Waals surface area contributed by atoms with Gasteiger partial charge in [0.15, 0.2) is 5.96 Å². The number of likely N-dealkylation sites (tertiary alicyclic amines) is 1. The highest BCUT2D eigenvalue weighted by Gasteiger charge is 2.19. The van der Waals surface area contributed by atoms with E-state index in [0.717, 1.165) is 63.7 Å². The van der Waals surface area contributed by atoms with Gasteiger partial charge in [0.2, 0.25) is 0 Å². The lowest BCUT2D eigenvalue weighted by Crippen LogP contribution is -2.48. The van der Waals surface area contributed by atoms with Crippen molar-refractivity contribution in [1.82, 2.24) is 15.5 Å². The van der Waals surface area contributed by atoms with Gasteiger partial charge in [-0.3, -0.25) is 9.89 Å². The van der Waals surface area contributed by atoms with E-state index in [-0.39, 0.29) is 0 Å². The van der Waals surface area contributed by atoms with Crippen molar-refractivity contribution in [3.63, 3.8) is 0 Å². The Morgan fingerprint density at radius 1 is 1.07 bits per heavy atom. The maximum Gasteiger partial charge on any atom is 0.191 e. The van der Waals surface area contributed by atoms with E-state index in [4.69, 9.17) is 9.73 Å². The van der Waals surface area contributed by atoms with Crippen molar-refractivity contribution in [3.05, 3.63) is 65.7 Å². The van der Waals surface area contributed by atoms with Crippen LogP contribution in [0.4, 0.5) is 0 Å². The van der Waals surface area contributed by atoms with Crippen LogP contribution in [0.5, 0.6) is 5.75 Å². The summed E-state index contributed by atoms with van der Waals surface area (Å²) in [5.74, 6) is 1.83. The number of hydrogen-bond donors (Lipinski definition) is 2. The summed E-state index contributed by atoms with van der Waals surface area (Å²) in [5, 5.41) is 7.03. The highest BCUT2D eigenvalue weighted by atomic mass is 16.5. The number of hydrogen-bond acceptors (Lipinski definition) is 3. The van der Waals surface area contributed by atoms with Crippen LogP contribution in [0.1, 0.15) is 30.9 Å². The van der Waals surface area contributed by atoms with Crippen molar-refractivity contribution in [2.24, 2.45) is 4.99 Å². The first-order chi connectivity index (χ1) is 14.3. The number of guanidine groups is 1. The molecule has 0 aromatic heterocycles. The van der Waals surface area contributed by atoms with Crippen molar-refractivity contribution in [1.29, 1.82) is 0 Å². The zero-order chi connectivity index (χ0) is 20.3. The zero-order valence-corrected chi connectivity index (χ0v) is 17.7. The molecule has 2 aromatic carbocycles. The van der Waals surface area contributed by atoms with Crippen molar-refractivity contribution in [2.75, 3.05) is 33.3 Å². The Morgan fingerprint density at radius 2 is 1.83 bits per heavy atom. The van der Waals surface area contributed by atoms with Gasteiger partial charge in [-0.2, -0.15) is 0 Å². The van der Waals surface area contributed by atoms with Gasteiger partial charge >= 0.3 is 0 Å². The molecular formula is C24H34N4O. The van der Waals surface area contributed by atoms with E-state index in [1.807, 2.05) is 12.1 Å². The summed E-state index contributed by atoms with van der Waals surface area (Å²) in [5.41, 5.74) is 2.64. The number of nitrogens with one attached hydrogen (secondary N) is 2. The van der Waals surface area contributed by atoms with Crippen LogP contribution < -0.4 is 15.4 Å². The average molecular weight is 395 g/mol. The molecule has 2 aromatic rings. The maximum absolute atomic E-state index is 5.30. The van der Waals surface area contributed by atoms with Crippen LogP contribution in [0.25, 0.3) is 0 Å². The minimum absolute atomic E-state index is 0.483. The molecule has 1 fully saturated rings. The molecule has 0 spiro atoms. The molecule has 5 nitrogen and oxygen atoms in total. The highest BCUT2D eigenvalue weighted by molar-refractivity contribution is 5.80. The second-order valence-corrected chi connectivity index (χ2v) is 7.54. The van der Waals surface area contributed by atoms with Crippen LogP contribution in [0, 0.1) is 0 Å².